The van der Waals surface area contributed by atoms with Crippen molar-refractivity contribution in [2.45, 2.75) is 10.0 Å². The molecule has 0 bridgehead atoms. The van der Waals surface area contributed by atoms with E-state index >= 15 is 0 Å². The van der Waals surface area contributed by atoms with Crippen molar-refractivity contribution >= 4 is 11.9 Å². The number of nitrogens with one attached hydrogen (secondary N) is 1. The van der Waals surface area contributed by atoms with E-state index < -0.39 is 12.6 Å². The predicted molar refractivity (Wildman–Crippen MR) is 64.9 cm³/mol. The molecule has 1 unspecified atom stereocenters. The van der Waals surface area contributed by atoms with Crippen molar-refractivity contribution in [2.75, 3.05) is 20.3 Å². The number of rotatable bonds is 8. The molecule has 0 saturated carbocycles. The Morgan fingerprint density at radius 2 is 2.05 bits per heavy atom. The van der Waals surface area contributed by atoms with Crippen LogP contribution in [0.15, 0.2) is 24.3 Å². The van der Waals surface area contributed by atoms with E-state index in [0.717, 1.165) is 3.93 Å². The maximum atomic E-state index is 12.1. The summed E-state index contributed by atoms with van der Waals surface area (Å²) in [5, 5.41) is 13.2. The van der Waals surface area contributed by atoms with Crippen molar-refractivity contribution in [3.8, 4) is 5.75 Å². The smallest absolute Gasteiger partial charge is 1.00 e. The van der Waals surface area contributed by atoms with Crippen molar-refractivity contribution in [2.24, 2.45) is 0 Å². The van der Waals surface area contributed by atoms with Crippen LogP contribution in [0, 0.1) is 0 Å². The zero-order valence-electron chi connectivity index (χ0n) is 12.3. The number of para-hydroxylation sites is 1. The Morgan fingerprint density at radius 1 is 1.38 bits per heavy atom. The second-order valence-electron chi connectivity index (χ2n) is 4.01. The molecule has 8 heteroatoms. The molecule has 0 spiro atoms. The molecule has 0 aliphatic heterocycles. The minimum Gasteiger partial charge on any atom is 1.00 e. The fraction of sp³-hybridized carbons (Fsp3) is 0.385. The van der Waals surface area contributed by atoms with Crippen LogP contribution in [-0.4, -0.2) is 38.2 Å². The third-order valence-corrected chi connectivity index (χ3v) is 5.13. The van der Waals surface area contributed by atoms with Crippen LogP contribution in [0.1, 0.15) is 10.4 Å². The van der Waals surface area contributed by atoms with E-state index in [1.54, 1.807) is 31.4 Å². The van der Waals surface area contributed by atoms with E-state index in [2.05, 4.69) is 5.32 Å². The Labute approximate surface area is 161 Å². The number of carbonyl (C=O) groups excluding carboxylic acids is 2. The van der Waals surface area contributed by atoms with Gasteiger partial charge in [0.05, 0.1) is 0 Å². The summed E-state index contributed by atoms with van der Waals surface area (Å²) in [6.45, 7) is -0.165. The van der Waals surface area contributed by atoms with Crippen LogP contribution < -0.4 is 44.7 Å². The van der Waals surface area contributed by atoms with Crippen molar-refractivity contribution < 1.29 is 79.8 Å². The standard InChI is InChI=1S/C13H16NO5.Hg.Na/c1-9(18-2)7-14-13(17)10-5-3-4-6-11(10)19-8-12(15)16;;/h3-6,9H,1,7-8H2,2H3,(H,14,17)(H,15,16);;/q;;+1/p-1. The molecule has 0 fully saturated rings. The molecule has 0 saturated heterocycles. The van der Waals surface area contributed by atoms with Gasteiger partial charge in [0.15, 0.2) is 0 Å². The fourth-order valence-electron chi connectivity index (χ4n) is 1.52. The Hall–Kier alpha value is -0.145. The Balaban J connectivity index is 0.00000400. The van der Waals surface area contributed by atoms with Crippen LogP contribution in [0.2, 0.25) is 3.93 Å². The number of carboxylic acid groups (broad SMARTS) is 1. The van der Waals surface area contributed by atoms with Gasteiger partial charge in [-0.15, -0.1) is 0 Å². The van der Waals surface area contributed by atoms with Crippen molar-refractivity contribution in [1.29, 1.82) is 0 Å². The number of benzene rings is 1. The number of hydrogen-bond donors (Lipinski definition) is 1. The van der Waals surface area contributed by atoms with Gasteiger partial charge in [-0.25, -0.2) is 0 Å². The molecular weight excluding hydrogens is 474 g/mol. The third kappa shape index (κ3) is 7.60. The van der Waals surface area contributed by atoms with Gasteiger partial charge in [0, 0.05) is 0 Å². The molecule has 0 aliphatic carbocycles. The van der Waals surface area contributed by atoms with E-state index in [1.807, 2.05) is 0 Å². The first-order valence-electron chi connectivity index (χ1n) is 6.10. The zero-order valence-corrected chi connectivity index (χ0v) is 19.8. The van der Waals surface area contributed by atoms with Crippen LogP contribution in [0.5, 0.6) is 5.75 Å². The number of carboxylic acids is 1. The summed E-state index contributed by atoms with van der Waals surface area (Å²) in [7, 11) is 1.61. The molecule has 1 atom stereocenters. The summed E-state index contributed by atoms with van der Waals surface area (Å²) in [5.74, 6) is -1.43. The summed E-state index contributed by atoms with van der Waals surface area (Å²) in [6, 6.07) is 6.47. The van der Waals surface area contributed by atoms with E-state index in [1.165, 1.54) is 0 Å². The van der Waals surface area contributed by atoms with Crippen LogP contribution in [-0.2, 0) is 35.7 Å². The van der Waals surface area contributed by atoms with Crippen LogP contribution >= 0.6 is 0 Å². The number of methoxy groups -OCH3 is 1. The molecule has 0 heterocycles. The number of hydrogen-bond acceptors (Lipinski definition) is 5. The van der Waals surface area contributed by atoms with Gasteiger partial charge in [-0.1, -0.05) is 0 Å². The van der Waals surface area contributed by atoms with Gasteiger partial charge in [0.2, 0.25) is 0 Å². The normalized spacial score (nSPS) is 11.2. The largest absolute Gasteiger partial charge is 1.00 e. The van der Waals surface area contributed by atoms with E-state index in [4.69, 9.17) is 9.47 Å². The molecule has 1 aromatic carbocycles. The van der Waals surface area contributed by atoms with E-state index in [9.17, 15) is 14.7 Å². The quantitative estimate of drug-likeness (QED) is 0.384. The van der Waals surface area contributed by atoms with Gasteiger partial charge in [0.25, 0.3) is 0 Å². The van der Waals surface area contributed by atoms with Gasteiger partial charge in [0.1, 0.15) is 0 Å². The van der Waals surface area contributed by atoms with Crippen molar-refractivity contribution in [3.05, 3.63) is 29.8 Å². The minimum atomic E-state index is -1.34. The summed E-state index contributed by atoms with van der Waals surface area (Å²) < 4.78 is 11.2. The van der Waals surface area contributed by atoms with E-state index in [0.29, 0.717) is 38.2 Å². The first-order chi connectivity index (χ1) is 9.58. The zero-order chi connectivity index (χ0) is 15.0. The minimum absolute atomic E-state index is 0. The third-order valence-electron chi connectivity index (χ3n) is 2.62. The van der Waals surface area contributed by atoms with Gasteiger partial charge in [-0.2, -0.15) is 0 Å². The molecule has 1 amide bonds. The van der Waals surface area contributed by atoms with Crippen molar-refractivity contribution in [1.82, 2.24) is 5.32 Å². The Kier molecular flexibility index (Phi) is 11.3. The first-order valence-corrected chi connectivity index (χ1v) is 9.99. The summed E-state index contributed by atoms with van der Waals surface area (Å²) in [6.07, 6.45) is 0.0265. The Bertz CT molecular complexity index is 468. The predicted octanol–water partition coefficient (Wildman–Crippen LogP) is -3.47. The van der Waals surface area contributed by atoms with Gasteiger partial charge in [-0.3, -0.25) is 0 Å². The number of ether oxygens (including phenoxy) is 2. The molecule has 105 valence electrons. The molecule has 0 aliphatic rings. The van der Waals surface area contributed by atoms with E-state index in [-0.39, 0.29) is 47.3 Å². The molecule has 1 aromatic rings. The molecular formula is C13H15HgNNaO5. The fourth-order valence-corrected chi connectivity index (χ4v) is 3.23. The average Bonchev–Trinajstić information content (AvgIpc) is 2.46. The molecule has 0 aromatic heterocycles. The molecule has 21 heavy (non-hydrogen) atoms. The number of aliphatic carboxylic acids is 1. The average molecular weight is 489 g/mol. The van der Waals surface area contributed by atoms with Gasteiger partial charge in [-0.05, 0) is 0 Å². The molecule has 6 nitrogen and oxygen atoms in total. The Morgan fingerprint density at radius 3 is 2.62 bits per heavy atom. The number of amides is 1. The summed E-state index contributed by atoms with van der Waals surface area (Å²) >= 11 is 0.598. The maximum Gasteiger partial charge on any atom is 1.00 e. The monoisotopic (exact) mass is 490 g/mol. The van der Waals surface area contributed by atoms with Gasteiger partial charge < -0.3 is 0 Å². The SMILES string of the molecule is COC([CH2][Hg])CNC(=O)c1ccccc1OCC(=O)[O-].[Na+]. The van der Waals surface area contributed by atoms with Gasteiger partial charge >= 0.3 is 163 Å². The second kappa shape index (κ2) is 11.4. The van der Waals surface area contributed by atoms with Crippen molar-refractivity contribution in [3.63, 3.8) is 0 Å². The number of carbonyl (C=O) groups is 2. The first kappa shape index (κ1) is 20.9. The van der Waals surface area contributed by atoms with Crippen LogP contribution in [0.4, 0.5) is 0 Å². The molecule has 0 radical (unpaired) electrons. The maximum absolute atomic E-state index is 12.1. The molecule has 1 N–H and O–H groups in total. The second-order valence-corrected chi connectivity index (χ2v) is 6.26. The topological polar surface area (TPSA) is 87.7 Å². The van der Waals surface area contributed by atoms with Crippen LogP contribution in [0.3, 0.4) is 0 Å². The van der Waals surface area contributed by atoms with Crippen LogP contribution in [0.25, 0.3) is 0 Å². The summed E-state index contributed by atoms with van der Waals surface area (Å²) in [5.41, 5.74) is 0.293. The molecule has 1 rings (SSSR count). The summed E-state index contributed by atoms with van der Waals surface area (Å²) in [4.78, 5) is 22.5.